The summed E-state index contributed by atoms with van der Waals surface area (Å²) in [4.78, 5) is 0. The summed E-state index contributed by atoms with van der Waals surface area (Å²) < 4.78 is 5.73. The van der Waals surface area contributed by atoms with Crippen LogP contribution in [0.2, 0.25) is 5.02 Å². The van der Waals surface area contributed by atoms with E-state index < -0.39 is 0 Å². The standard InChI is InChI=1S/C13H16ClNO/c1-3-4-11(15)13-7-9-10(14)5-8(2)6-12(9)16-13/h5-7,11H,3-4,15H2,1-2H3/t11-/m0/s1. The van der Waals surface area contributed by atoms with Crippen LogP contribution in [0, 0.1) is 6.92 Å². The first-order chi connectivity index (χ1) is 7.61. The zero-order valence-corrected chi connectivity index (χ0v) is 10.3. The van der Waals surface area contributed by atoms with Crippen LogP contribution in [0.25, 0.3) is 11.0 Å². The van der Waals surface area contributed by atoms with Crippen molar-refractivity contribution in [3.63, 3.8) is 0 Å². The van der Waals surface area contributed by atoms with Crippen LogP contribution in [0.1, 0.15) is 37.1 Å². The Hall–Kier alpha value is -0.990. The van der Waals surface area contributed by atoms with Crippen molar-refractivity contribution in [2.75, 3.05) is 0 Å². The predicted octanol–water partition coefficient (Wildman–Crippen LogP) is 4.19. The normalized spacial score (nSPS) is 13.2. The summed E-state index contributed by atoms with van der Waals surface area (Å²) in [5.41, 5.74) is 7.95. The number of nitrogens with two attached hydrogens (primary N) is 1. The van der Waals surface area contributed by atoms with Gasteiger partial charge < -0.3 is 10.2 Å². The number of halogens is 1. The number of rotatable bonds is 3. The number of hydrogen-bond donors (Lipinski definition) is 1. The van der Waals surface area contributed by atoms with Crippen molar-refractivity contribution in [1.29, 1.82) is 0 Å². The van der Waals surface area contributed by atoms with Crippen LogP contribution in [0.4, 0.5) is 0 Å². The molecular formula is C13H16ClNO. The highest BCUT2D eigenvalue weighted by Crippen LogP contribution is 2.31. The van der Waals surface area contributed by atoms with Gasteiger partial charge in [0.05, 0.1) is 11.1 Å². The third kappa shape index (κ3) is 2.08. The van der Waals surface area contributed by atoms with Gasteiger partial charge >= 0.3 is 0 Å². The zero-order valence-electron chi connectivity index (χ0n) is 9.59. The lowest BCUT2D eigenvalue weighted by molar-refractivity contribution is 0.475. The first kappa shape index (κ1) is 11.5. The molecular weight excluding hydrogens is 222 g/mol. The van der Waals surface area contributed by atoms with Crippen LogP contribution in [0.5, 0.6) is 0 Å². The average molecular weight is 238 g/mol. The van der Waals surface area contributed by atoms with E-state index in [1.54, 1.807) is 0 Å². The first-order valence-electron chi connectivity index (χ1n) is 5.57. The number of benzene rings is 1. The van der Waals surface area contributed by atoms with Gasteiger partial charge in [0.15, 0.2) is 0 Å². The quantitative estimate of drug-likeness (QED) is 0.869. The van der Waals surface area contributed by atoms with Crippen LogP contribution < -0.4 is 5.73 Å². The molecule has 0 saturated carbocycles. The van der Waals surface area contributed by atoms with Crippen molar-refractivity contribution in [2.45, 2.75) is 32.7 Å². The molecule has 1 heterocycles. The first-order valence-corrected chi connectivity index (χ1v) is 5.94. The Morgan fingerprint density at radius 2 is 2.12 bits per heavy atom. The Morgan fingerprint density at radius 1 is 1.38 bits per heavy atom. The lowest BCUT2D eigenvalue weighted by atomic mass is 10.1. The highest BCUT2D eigenvalue weighted by Gasteiger charge is 2.13. The molecule has 0 unspecified atom stereocenters. The van der Waals surface area contributed by atoms with Crippen molar-refractivity contribution in [3.8, 4) is 0 Å². The van der Waals surface area contributed by atoms with Crippen LogP contribution >= 0.6 is 11.6 Å². The highest BCUT2D eigenvalue weighted by atomic mass is 35.5. The molecule has 3 heteroatoms. The summed E-state index contributed by atoms with van der Waals surface area (Å²) in [6.07, 6.45) is 1.97. The van der Waals surface area contributed by atoms with Gasteiger partial charge in [-0.1, -0.05) is 24.9 Å². The van der Waals surface area contributed by atoms with E-state index in [0.717, 1.165) is 40.2 Å². The lowest BCUT2D eigenvalue weighted by Gasteiger charge is -2.04. The maximum absolute atomic E-state index is 6.16. The fourth-order valence-corrected chi connectivity index (χ4v) is 2.20. The Kier molecular flexibility index (Phi) is 3.22. The average Bonchev–Trinajstić information content (AvgIpc) is 2.62. The van der Waals surface area contributed by atoms with Gasteiger partial charge in [0, 0.05) is 5.39 Å². The fraction of sp³-hybridized carbons (Fsp3) is 0.385. The Labute approximate surface area is 100 Å². The van der Waals surface area contributed by atoms with Crippen molar-refractivity contribution < 1.29 is 4.42 Å². The molecule has 2 aromatic rings. The Bertz CT molecular complexity index is 504. The maximum atomic E-state index is 6.16. The van der Waals surface area contributed by atoms with E-state index in [9.17, 15) is 0 Å². The molecule has 0 aliphatic carbocycles. The van der Waals surface area contributed by atoms with Crippen molar-refractivity contribution in [2.24, 2.45) is 5.73 Å². The second-order valence-corrected chi connectivity index (χ2v) is 4.61. The molecule has 86 valence electrons. The van der Waals surface area contributed by atoms with Gasteiger partial charge in [-0.3, -0.25) is 0 Å². The topological polar surface area (TPSA) is 39.2 Å². The summed E-state index contributed by atoms with van der Waals surface area (Å²) in [5.74, 6) is 0.823. The van der Waals surface area contributed by atoms with E-state index in [-0.39, 0.29) is 6.04 Å². The third-order valence-electron chi connectivity index (χ3n) is 2.72. The van der Waals surface area contributed by atoms with E-state index in [2.05, 4.69) is 6.92 Å². The largest absolute Gasteiger partial charge is 0.459 e. The summed E-state index contributed by atoms with van der Waals surface area (Å²) in [6, 6.07) is 5.85. The molecule has 1 aromatic heterocycles. The molecule has 0 saturated heterocycles. The molecule has 0 fully saturated rings. The Morgan fingerprint density at radius 3 is 2.81 bits per heavy atom. The highest BCUT2D eigenvalue weighted by molar-refractivity contribution is 6.35. The fourth-order valence-electron chi connectivity index (χ4n) is 1.88. The Balaban J connectivity index is 2.47. The summed E-state index contributed by atoms with van der Waals surface area (Å²) in [5, 5.41) is 1.68. The molecule has 1 atom stereocenters. The number of aryl methyl sites for hydroxylation is 1. The van der Waals surface area contributed by atoms with Gasteiger partial charge in [0.1, 0.15) is 11.3 Å². The van der Waals surface area contributed by atoms with Gasteiger partial charge in [0.2, 0.25) is 0 Å². The van der Waals surface area contributed by atoms with Crippen LogP contribution in [0.3, 0.4) is 0 Å². The van der Waals surface area contributed by atoms with Gasteiger partial charge in [-0.05, 0) is 37.1 Å². The smallest absolute Gasteiger partial charge is 0.136 e. The number of furan rings is 1. The molecule has 0 bridgehead atoms. The van der Waals surface area contributed by atoms with E-state index >= 15 is 0 Å². The summed E-state index contributed by atoms with van der Waals surface area (Å²) in [6.45, 7) is 4.11. The van der Waals surface area contributed by atoms with Crippen molar-refractivity contribution in [1.82, 2.24) is 0 Å². The van der Waals surface area contributed by atoms with Crippen molar-refractivity contribution in [3.05, 3.63) is 34.5 Å². The van der Waals surface area contributed by atoms with Crippen LogP contribution in [-0.2, 0) is 0 Å². The van der Waals surface area contributed by atoms with E-state index in [0.29, 0.717) is 0 Å². The molecule has 0 aliphatic rings. The van der Waals surface area contributed by atoms with E-state index in [1.807, 2.05) is 25.1 Å². The minimum Gasteiger partial charge on any atom is -0.459 e. The SMILES string of the molecule is CCC[C@H](N)c1cc2c(Cl)cc(C)cc2o1. The lowest BCUT2D eigenvalue weighted by Crippen LogP contribution is -2.08. The van der Waals surface area contributed by atoms with Crippen molar-refractivity contribution >= 4 is 22.6 Å². The predicted molar refractivity (Wildman–Crippen MR) is 67.8 cm³/mol. The van der Waals surface area contributed by atoms with Gasteiger partial charge in [0.25, 0.3) is 0 Å². The molecule has 0 radical (unpaired) electrons. The zero-order chi connectivity index (χ0) is 11.7. The van der Waals surface area contributed by atoms with Gasteiger partial charge in [-0.25, -0.2) is 0 Å². The van der Waals surface area contributed by atoms with Gasteiger partial charge in [-0.15, -0.1) is 0 Å². The molecule has 1 aromatic carbocycles. The molecule has 0 spiro atoms. The maximum Gasteiger partial charge on any atom is 0.136 e. The van der Waals surface area contributed by atoms with E-state index in [4.69, 9.17) is 21.8 Å². The summed E-state index contributed by atoms with van der Waals surface area (Å²) in [7, 11) is 0. The molecule has 2 N–H and O–H groups in total. The second kappa shape index (κ2) is 4.48. The minimum atomic E-state index is -0.0335. The minimum absolute atomic E-state index is 0.0335. The molecule has 2 nitrogen and oxygen atoms in total. The van der Waals surface area contributed by atoms with Gasteiger partial charge in [-0.2, -0.15) is 0 Å². The molecule has 0 aliphatic heterocycles. The number of fused-ring (bicyclic) bond motifs is 1. The molecule has 2 rings (SSSR count). The third-order valence-corrected chi connectivity index (χ3v) is 3.03. The second-order valence-electron chi connectivity index (χ2n) is 4.20. The van der Waals surface area contributed by atoms with Crippen LogP contribution in [-0.4, -0.2) is 0 Å². The molecule has 0 amide bonds. The number of hydrogen-bond acceptors (Lipinski definition) is 2. The monoisotopic (exact) mass is 237 g/mol. The molecule has 16 heavy (non-hydrogen) atoms. The van der Waals surface area contributed by atoms with E-state index in [1.165, 1.54) is 0 Å². The summed E-state index contributed by atoms with van der Waals surface area (Å²) >= 11 is 6.16. The van der Waals surface area contributed by atoms with Crippen LogP contribution in [0.15, 0.2) is 22.6 Å².